The lowest BCUT2D eigenvalue weighted by Crippen LogP contribution is -2.35. The van der Waals surface area contributed by atoms with Crippen molar-refractivity contribution in [1.29, 1.82) is 0 Å². The van der Waals surface area contributed by atoms with Crippen LogP contribution in [0.5, 0.6) is 0 Å². The van der Waals surface area contributed by atoms with E-state index in [1.807, 2.05) is 6.92 Å². The molecule has 1 aromatic rings. The van der Waals surface area contributed by atoms with Crippen LogP contribution in [0.25, 0.3) is 0 Å². The molecule has 0 N–H and O–H groups in total. The van der Waals surface area contributed by atoms with Crippen molar-refractivity contribution in [2.45, 2.75) is 13.5 Å². The number of hydrogen-bond donors (Lipinski definition) is 0. The van der Waals surface area contributed by atoms with E-state index >= 15 is 0 Å². The highest BCUT2D eigenvalue weighted by Crippen LogP contribution is 2.20. The predicted octanol–water partition coefficient (Wildman–Crippen LogP) is 0.530. The molecule has 0 saturated carbocycles. The van der Waals surface area contributed by atoms with Crippen molar-refractivity contribution in [3.63, 3.8) is 0 Å². The monoisotopic (exact) mass is 303 g/mol. The van der Waals surface area contributed by atoms with Gasteiger partial charge in [0.25, 0.3) is 0 Å². The lowest BCUT2D eigenvalue weighted by Gasteiger charge is -2.19. The summed E-state index contributed by atoms with van der Waals surface area (Å²) in [4.78, 5) is 24.4. The van der Waals surface area contributed by atoms with Gasteiger partial charge in [-0.25, -0.2) is 0 Å². The lowest BCUT2D eigenvalue weighted by atomic mass is 10.2. The van der Waals surface area contributed by atoms with Crippen LogP contribution in [0, 0.1) is 6.92 Å². The third kappa shape index (κ3) is 4.21. The zero-order chi connectivity index (χ0) is 15.3. The van der Waals surface area contributed by atoms with E-state index in [0.29, 0.717) is 11.7 Å². The maximum Gasteiger partial charge on any atom is 0.319 e. The van der Waals surface area contributed by atoms with Gasteiger partial charge in [-0.15, -0.1) is 0 Å². The molecule has 0 fully saturated rings. The summed E-state index contributed by atoms with van der Waals surface area (Å²) in [5, 5.41) is 4.66. The van der Waals surface area contributed by atoms with Gasteiger partial charge >= 0.3 is 11.9 Å². The molecule has 0 radical (unpaired) electrons. The van der Waals surface area contributed by atoms with Gasteiger partial charge in [0.1, 0.15) is 5.15 Å². The summed E-state index contributed by atoms with van der Waals surface area (Å²) in [6.07, 6.45) is 0. The average molecular weight is 304 g/mol. The maximum absolute atomic E-state index is 11.4. The minimum atomic E-state index is -0.438. The number of esters is 2. The largest absolute Gasteiger partial charge is 0.468 e. The van der Waals surface area contributed by atoms with Gasteiger partial charge in [0, 0.05) is 19.2 Å². The smallest absolute Gasteiger partial charge is 0.319 e. The van der Waals surface area contributed by atoms with Crippen LogP contribution in [0.4, 0.5) is 0 Å². The Labute approximate surface area is 122 Å². The number of ether oxygens (including phenoxy) is 2. The number of nitrogens with zero attached hydrogens (tertiary/aromatic N) is 3. The first-order valence-corrected chi connectivity index (χ1v) is 6.30. The Morgan fingerprint density at radius 1 is 1.25 bits per heavy atom. The second-order valence-electron chi connectivity index (χ2n) is 4.28. The Kier molecular flexibility index (Phi) is 5.97. The van der Waals surface area contributed by atoms with Gasteiger partial charge < -0.3 is 9.47 Å². The molecular formula is C12H18ClN3O4. The van der Waals surface area contributed by atoms with E-state index in [1.54, 1.807) is 16.6 Å². The molecule has 112 valence electrons. The average Bonchev–Trinajstić information content (AvgIpc) is 2.64. The molecular weight excluding hydrogens is 286 g/mol. The van der Waals surface area contributed by atoms with Gasteiger partial charge in [0.2, 0.25) is 0 Å². The predicted molar refractivity (Wildman–Crippen MR) is 72.3 cm³/mol. The Balaban J connectivity index is 2.87. The van der Waals surface area contributed by atoms with E-state index in [2.05, 4.69) is 14.6 Å². The normalized spacial score (nSPS) is 10.7. The second kappa shape index (κ2) is 7.25. The molecule has 0 spiro atoms. The molecule has 0 aromatic carbocycles. The van der Waals surface area contributed by atoms with Crippen molar-refractivity contribution in [3.8, 4) is 0 Å². The Morgan fingerprint density at radius 3 is 2.10 bits per heavy atom. The van der Waals surface area contributed by atoms with Crippen molar-refractivity contribution in [2.75, 3.05) is 27.3 Å². The minimum absolute atomic E-state index is 0.0315. The van der Waals surface area contributed by atoms with Crippen LogP contribution in [-0.2, 0) is 32.7 Å². The fourth-order valence-corrected chi connectivity index (χ4v) is 1.97. The van der Waals surface area contributed by atoms with Crippen LogP contribution in [-0.4, -0.2) is 53.9 Å². The van der Waals surface area contributed by atoms with E-state index in [1.165, 1.54) is 14.2 Å². The molecule has 20 heavy (non-hydrogen) atoms. The van der Waals surface area contributed by atoms with Crippen LogP contribution < -0.4 is 0 Å². The summed E-state index contributed by atoms with van der Waals surface area (Å²) in [7, 11) is 4.31. The highest BCUT2D eigenvalue weighted by atomic mass is 35.5. The summed E-state index contributed by atoms with van der Waals surface area (Å²) in [5.41, 5.74) is 1.51. The summed E-state index contributed by atoms with van der Waals surface area (Å²) < 4.78 is 10.8. The van der Waals surface area contributed by atoms with Crippen LogP contribution in [0.1, 0.15) is 11.3 Å². The maximum atomic E-state index is 11.4. The van der Waals surface area contributed by atoms with Gasteiger partial charge in [-0.2, -0.15) is 5.10 Å². The molecule has 0 atom stereocenters. The molecule has 1 heterocycles. The number of hydrogen-bond acceptors (Lipinski definition) is 6. The Hall–Kier alpha value is -1.60. The van der Waals surface area contributed by atoms with Gasteiger partial charge in [-0.3, -0.25) is 19.2 Å². The quantitative estimate of drug-likeness (QED) is 0.714. The first-order valence-electron chi connectivity index (χ1n) is 5.93. The number of aromatic nitrogens is 2. The topological polar surface area (TPSA) is 73.7 Å². The molecule has 0 bridgehead atoms. The molecule has 0 aliphatic heterocycles. The Bertz CT molecular complexity index is 483. The van der Waals surface area contributed by atoms with Gasteiger partial charge in [0.15, 0.2) is 0 Å². The van der Waals surface area contributed by atoms with E-state index in [9.17, 15) is 9.59 Å². The van der Waals surface area contributed by atoms with E-state index < -0.39 is 11.9 Å². The van der Waals surface area contributed by atoms with Crippen molar-refractivity contribution in [3.05, 3.63) is 16.4 Å². The summed E-state index contributed by atoms with van der Waals surface area (Å²) in [6, 6.07) is 0. The van der Waals surface area contributed by atoms with Crippen molar-refractivity contribution >= 4 is 23.5 Å². The van der Waals surface area contributed by atoms with Gasteiger partial charge in [0.05, 0.1) is 33.0 Å². The third-order valence-corrected chi connectivity index (χ3v) is 3.29. The molecule has 1 aromatic heterocycles. The summed E-state index contributed by atoms with van der Waals surface area (Å²) in [5.74, 6) is -0.877. The molecule has 0 aliphatic carbocycles. The molecule has 7 nitrogen and oxygen atoms in total. The fourth-order valence-electron chi connectivity index (χ4n) is 1.74. The highest BCUT2D eigenvalue weighted by molar-refractivity contribution is 6.30. The van der Waals surface area contributed by atoms with Gasteiger partial charge in [-0.05, 0) is 6.92 Å². The van der Waals surface area contributed by atoms with E-state index in [-0.39, 0.29) is 13.1 Å². The highest BCUT2D eigenvalue weighted by Gasteiger charge is 2.20. The number of aryl methyl sites for hydroxylation is 2. The van der Waals surface area contributed by atoms with E-state index in [0.717, 1.165) is 11.3 Å². The van der Waals surface area contributed by atoms with E-state index in [4.69, 9.17) is 11.6 Å². The first-order chi connectivity index (χ1) is 9.38. The summed E-state index contributed by atoms with van der Waals surface area (Å²) in [6.45, 7) is 2.06. The Morgan fingerprint density at radius 2 is 1.75 bits per heavy atom. The molecule has 8 heteroatoms. The zero-order valence-electron chi connectivity index (χ0n) is 12.0. The lowest BCUT2D eigenvalue weighted by molar-refractivity contribution is -0.145. The van der Waals surface area contributed by atoms with Crippen molar-refractivity contribution in [2.24, 2.45) is 7.05 Å². The number of halogens is 1. The van der Waals surface area contributed by atoms with Crippen LogP contribution in [0.3, 0.4) is 0 Å². The third-order valence-electron chi connectivity index (χ3n) is 2.81. The number of rotatable bonds is 6. The number of methoxy groups -OCH3 is 2. The standard InChI is InChI=1S/C12H18ClN3O4/c1-8-9(12(13)15(2)14-8)5-16(6-10(17)19-3)7-11(18)20-4/h5-7H2,1-4H3. The second-order valence-corrected chi connectivity index (χ2v) is 4.63. The van der Waals surface area contributed by atoms with Gasteiger partial charge in [-0.1, -0.05) is 11.6 Å². The molecule has 0 saturated heterocycles. The fraction of sp³-hybridized carbons (Fsp3) is 0.583. The molecule has 0 unspecified atom stereocenters. The van der Waals surface area contributed by atoms with Crippen molar-refractivity contribution in [1.82, 2.24) is 14.7 Å². The van der Waals surface area contributed by atoms with Crippen LogP contribution in [0.15, 0.2) is 0 Å². The number of carbonyl (C=O) groups is 2. The SMILES string of the molecule is COC(=O)CN(CC(=O)OC)Cc1c(C)nn(C)c1Cl. The molecule has 0 amide bonds. The molecule has 0 aliphatic rings. The van der Waals surface area contributed by atoms with Crippen LogP contribution in [0.2, 0.25) is 5.15 Å². The van der Waals surface area contributed by atoms with Crippen molar-refractivity contribution < 1.29 is 19.1 Å². The molecule has 1 rings (SSSR count). The first kappa shape index (κ1) is 16.5. The van der Waals surface area contributed by atoms with Crippen LogP contribution >= 0.6 is 11.6 Å². The minimum Gasteiger partial charge on any atom is -0.468 e. The zero-order valence-corrected chi connectivity index (χ0v) is 12.7. The number of carbonyl (C=O) groups excluding carboxylic acids is 2. The summed E-state index contributed by atoms with van der Waals surface area (Å²) >= 11 is 6.14.